The third kappa shape index (κ3) is 5.08. The van der Waals surface area contributed by atoms with Gasteiger partial charge in [0.15, 0.2) is 0 Å². The second-order valence-electron chi connectivity index (χ2n) is 4.31. The van der Waals surface area contributed by atoms with Crippen LogP contribution in [-0.2, 0) is 0 Å². The summed E-state index contributed by atoms with van der Waals surface area (Å²) in [6.07, 6.45) is 6.74. The Morgan fingerprint density at radius 2 is 1.05 bits per heavy atom. The van der Waals surface area contributed by atoms with E-state index in [4.69, 9.17) is 0 Å². The van der Waals surface area contributed by atoms with Gasteiger partial charge in [-0.05, 0) is 35.4 Å². The van der Waals surface area contributed by atoms with Crippen molar-refractivity contribution in [2.75, 3.05) is 0 Å². The minimum atomic E-state index is -0.595. The van der Waals surface area contributed by atoms with Crippen LogP contribution in [-0.4, -0.2) is 11.2 Å². The summed E-state index contributed by atoms with van der Waals surface area (Å²) in [6.45, 7) is 0. The zero-order valence-corrected chi connectivity index (χ0v) is 13.9. The van der Waals surface area contributed by atoms with Crippen molar-refractivity contribution in [1.29, 1.82) is 0 Å². The molecule has 102 valence electrons. The van der Waals surface area contributed by atoms with Gasteiger partial charge < -0.3 is 5.11 Å². The Kier molecular flexibility index (Phi) is 5.77. The van der Waals surface area contributed by atoms with Crippen LogP contribution >= 0.6 is 31.9 Å². The zero-order valence-electron chi connectivity index (χ0n) is 10.7. The van der Waals surface area contributed by atoms with Crippen LogP contribution in [0.4, 0.5) is 0 Å². The molecule has 0 aliphatic rings. The Morgan fingerprint density at radius 1 is 0.700 bits per heavy atom. The summed E-state index contributed by atoms with van der Waals surface area (Å²) in [5, 5.41) is 9.89. The number of rotatable bonds is 4. The molecule has 1 N–H and O–H groups in total. The molecule has 0 heterocycles. The van der Waals surface area contributed by atoms with Gasteiger partial charge in [0.1, 0.15) is 0 Å². The van der Waals surface area contributed by atoms with Gasteiger partial charge in [-0.2, -0.15) is 0 Å². The Morgan fingerprint density at radius 3 is 1.40 bits per heavy atom. The van der Waals surface area contributed by atoms with E-state index in [0.29, 0.717) is 0 Å². The third-order valence-corrected chi connectivity index (χ3v) is 3.77. The van der Waals surface area contributed by atoms with Gasteiger partial charge in [-0.15, -0.1) is 0 Å². The molecular weight excluding hydrogens is 380 g/mol. The Labute approximate surface area is 135 Å². The molecule has 2 aromatic carbocycles. The fourth-order valence-electron chi connectivity index (χ4n) is 1.63. The first-order chi connectivity index (χ1) is 9.63. The van der Waals surface area contributed by atoms with Crippen molar-refractivity contribution in [3.8, 4) is 0 Å². The first-order valence-electron chi connectivity index (χ1n) is 6.19. The van der Waals surface area contributed by atoms with Crippen molar-refractivity contribution >= 4 is 44.0 Å². The first-order valence-corrected chi connectivity index (χ1v) is 7.78. The highest BCUT2D eigenvalue weighted by molar-refractivity contribution is 9.10. The number of hydrogen-bond donors (Lipinski definition) is 1. The Hall–Kier alpha value is -1.16. The molecule has 0 fully saturated rings. The van der Waals surface area contributed by atoms with Crippen LogP contribution in [0.25, 0.3) is 12.2 Å². The van der Waals surface area contributed by atoms with Gasteiger partial charge >= 0.3 is 0 Å². The average Bonchev–Trinajstić information content (AvgIpc) is 2.46. The van der Waals surface area contributed by atoms with Crippen molar-refractivity contribution in [3.63, 3.8) is 0 Å². The Bertz CT molecular complexity index is 542. The highest BCUT2D eigenvalue weighted by atomic mass is 79.9. The molecule has 0 aliphatic heterocycles. The minimum Gasteiger partial charge on any atom is -0.385 e. The van der Waals surface area contributed by atoms with E-state index in [1.54, 1.807) is 12.2 Å². The predicted molar refractivity (Wildman–Crippen MR) is 92.4 cm³/mol. The third-order valence-electron chi connectivity index (χ3n) is 2.71. The zero-order chi connectivity index (χ0) is 14.4. The van der Waals surface area contributed by atoms with Gasteiger partial charge in [0, 0.05) is 8.95 Å². The summed E-state index contributed by atoms with van der Waals surface area (Å²) in [6, 6.07) is 15.9. The monoisotopic (exact) mass is 392 g/mol. The van der Waals surface area contributed by atoms with E-state index in [1.807, 2.05) is 60.7 Å². The van der Waals surface area contributed by atoms with E-state index in [9.17, 15) is 5.11 Å². The molecular formula is C17H14Br2O. The van der Waals surface area contributed by atoms with E-state index < -0.39 is 6.10 Å². The Balaban J connectivity index is 1.96. The van der Waals surface area contributed by atoms with Gasteiger partial charge in [0.25, 0.3) is 0 Å². The molecule has 0 saturated carbocycles. The summed E-state index contributed by atoms with van der Waals surface area (Å²) in [4.78, 5) is 0. The SMILES string of the molecule is OC(/C=C/c1ccc(Br)cc1)/C=C/c1ccc(Br)cc1. The fourth-order valence-corrected chi connectivity index (χ4v) is 2.16. The fraction of sp³-hybridized carbons (Fsp3) is 0.0588. The summed E-state index contributed by atoms with van der Waals surface area (Å²) < 4.78 is 2.09. The van der Waals surface area contributed by atoms with E-state index in [0.717, 1.165) is 20.1 Å². The number of aliphatic hydroxyl groups excluding tert-OH is 1. The van der Waals surface area contributed by atoms with E-state index in [1.165, 1.54) is 0 Å². The normalized spacial score (nSPS) is 11.8. The number of halogens is 2. The highest BCUT2D eigenvalue weighted by Crippen LogP contribution is 2.13. The lowest BCUT2D eigenvalue weighted by Crippen LogP contribution is -1.95. The number of benzene rings is 2. The number of hydrogen-bond acceptors (Lipinski definition) is 1. The molecule has 0 atom stereocenters. The standard InChI is InChI=1S/C17H14Br2O/c18-15-7-1-13(2-8-15)5-11-17(20)12-6-14-3-9-16(19)10-4-14/h1-12,17,20H/b11-5+,12-6+. The topological polar surface area (TPSA) is 20.2 Å². The van der Waals surface area contributed by atoms with E-state index in [2.05, 4.69) is 31.9 Å². The molecule has 0 saturated heterocycles. The lowest BCUT2D eigenvalue weighted by atomic mass is 10.1. The van der Waals surface area contributed by atoms with Crippen molar-refractivity contribution < 1.29 is 5.11 Å². The van der Waals surface area contributed by atoms with Gasteiger partial charge in [-0.25, -0.2) is 0 Å². The molecule has 0 amide bonds. The van der Waals surface area contributed by atoms with Crippen LogP contribution in [0, 0.1) is 0 Å². The maximum atomic E-state index is 9.89. The van der Waals surface area contributed by atoms with Gasteiger partial charge in [0.05, 0.1) is 6.10 Å². The second kappa shape index (κ2) is 7.58. The van der Waals surface area contributed by atoms with Gasteiger partial charge in [-0.1, -0.05) is 80.4 Å². The molecule has 0 unspecified atom stereocenters. The van der Waals surface area contributed by atoms with Gasteiger partial charge in [-0.3, -0.25) is 0 Å². The van der Waals surface area contributed by atoms with Gasteiger partial charge in [0.2, 0.25) is 0 Å². The maximum absolute atomic E-state index is 9.89. The summed E-state index contributed by atoms with van der Waals surface area (Å²) in [5.74, 6) is 0. The molecule has 1 nitrogen and oxygen atoms in total. The van der Waals surface area contributed by atoms with Crippen LogP contribution < -0.4 is 0 Å². The minimum absolute atomic E-state index is 0.595. The maximum Gasteiger partial charge on any atom is 0.0909 e. The van der Waals surface area contributed by atoms with Crippen molar-refractivity contribution in [1.82, 2.24) is 0 Å². The van der Waals surface area contributed by atoms with E-state index in [-0.39, 0.29) is 0 Å². The van der Waals surface area contributed by atoms with Crippen LogP contribution in [0.3, 0.4) is 0 Å². The average molecular weight is 394 g/mol. The quantitative estimate of drug-likeness (QED) is 0.747. The summed E-state index contributed by atoms with van der Waals surface area (Å²) in [7, 11) is 0. The van der Waals surface area contributed by atoms with Crippen molar-refractivity contribution in [3.05, 3.63) is 80.8 Å². The molecule has 2 rings (SSSR count). The molecule has 2 aromatic rings. The summed E-state index contributed by atoms with van der Waals surface area (Å²) in [5.41, 5.74) is 2.12. The first kappa shape index (κ1) is 15.2. The largest absolute Gasteiger partial charge is 0.385 e. The molecule has 3 heteroatoms. The predicted octanol–water partition coefficient (Wildman–Crippen LogP) is 5.30. The molecule has 0 spiro atoms. The van der Waals surface area contributed by atoms with Crippen molar-refractivity contribution in [2.24, 2.45) is 0 Å². The summed E-state index contributed by atoms with van der Waals surface area (Å²) >= 11 is 6.79. The second-order valence-corrected chi connectivity index (χ2v) is 6.14. The molecule has 0 aliphatic carbocycles. The number of aliphatic hydroxyl groups is 1. The molecule has 20 heavy (non-hydrogen) atoms. The van der Waals surface area contributed by atoms with Crippen LogP contribution in [0.15, 0.2) is 69.6 Å². The van der Waals surface area contributed by atoms with Crippen molar-refractivity contribution in [2.45, 2.75) is 6.10 Å². The lowest BCUT2D eigenvalue weighted by Gasteiger charge is -1.99. The van der Waals surface area contributed by atoms with Crippen LogP contribution in [0.2, 0.25) is 0 Å². The smallest absolute Gasteiger partial charge is 0.0909 e. The highest BCUT2D eigenvalue weighted by Gasteiger charge is 1.94. The molecule has 0 bridgehead atoms. The molecule has 0 aromatic heterocycles. The van der Waals surface area contributed by atoms with Crippen LogP contribution in [0.5, 0.6) is 0 Å². The molecule has 0 radical (unpaired) electrons. The lowest BCUT2D eigenvalue weighted by molar-refractivity contribution is 0.273. The van der Waals surface area contributed by atoms with E-state index >= 15 is 0 Å². The van der Waals surface area contributed by atoms with Crippen LogP contribution in [0.1, 0.15) is 11.1 Å².